The van der Waals surface area contributed by atoms with Crippen molar-refractivity contribution < 1.29 is 13.9 Å². The lowest BCUT2D eigenvalue weighted by Gasteiger charge is -2.32. The van der Waals surface area contributed by atoms with E-state index in [1.165, 1.54) is 12.1 Å². The van der Waals surface area contributed by atoms with Gasteiger partial charge in [-0.2, -0.15) is 0 Å². The van der Waals surface area contributed by atoms with E-state index in [9.17, 15) is 9.18 Å². The summed E-state index contributed by atoms with van der Waals surface area (Å²) in [6.07, 6.45) is 6.82. The summed E-state index contributed by atoms with van der Waals surface area (Å²) in [5.41, 5.74) is 13.6. The van der Waals surface area contributed by atoms with E-state index in [2.05, 4.69) is 9.55 Å². The van der Waals surface area contributed by atoms with E-state index < -0.39 is 11.9 Å². The molecule has 0 spiro atoms. The third kappa shape index (κ3) is 4.99. The maximum atomic E-state index is 13.9. The molecule has 1 aromatic carbocycles. The summed E-state index contributed by atoms with van der Waals surface area (Å²) in [5.74, 6) is -0.0310. The van der Waals surface area contributed by atoms with Gasteiger partial charge in [-0.25, -0.2) is 9.37 Å². The average Bonchev–Trinajstić information content (AvgIpc) is 3.33. The average molecular weight is 506 g/mol. The summed E-state index contributed by atoms with van der Waals surface area (Å²) in [4.78, 5) is 17.9. The van der Waals surface area contributed by atoms with Crippen LogP contribution in [0.15, 0.2) is 42.9 Å². The zero-order chi connectivity index (χ0) is 24.4. The number of hydrogen-bond donors (Lipinski definition) is 2. The first kappa shape index (κ1) is 24.3. The summed E-state index contributed by atoms with van der Waals surface area (Å²) in [5, 5.41) is 0.219. The molecule has 0 aliphatic carbocycles. The number of ether oxygens (including phenoxy) is 1. The van der Waals surface area contributed by atoms with Crippen LogP contribution >= 0.6 is 23.2 Å². The zero-order valence-corrected chi connectivity index (χ0v) is 20.2. The molecule has 1 atom stereocenters. The number of carbonyl (C=O) groups is 1. The van der Waals surface area contributed by atoms with Crippen molar-refractivity contribution in [1.29, 1.82) is 0 Å². The van der Waals surface area contributed by atoms with Crippen molar-refractivity contribution in [2.75, 3.05) is 25.4 Å². The van der Waals surface area contributed by atoms with Gasteiger partial charge in [0.25, 0.3) is 0 Å². The summed E-state index contributed by atoms with van der Waals surface area (Å²) in [6.45, 7) is 3.15. The zero-order valence-electron chi connectivity index (χ0n) is 18.7. The molecular formula is C24H26Cl2FN5O2. The topological polar surface area (TPSA) is 99.4 Å². The Morgan fingerprint density at radius 2 is 2.00 bits per heavy atom. The van der Waals surface area contributed by atoms with Crippen LogP contribution in [0, 0.1) is 5.82 Å². The van der Waals surface area contributed by atoms with Crippen LogP contribution in [0.25, 0.3) is 11.1 Å². The maximum Gasteiger partial charge on any atom is 0.236 e. The fraction of sp³-hybridized carbons (Fsp3) is 0.333. The van der Waals surface area contributed by atoms with Gasteiger partial charge in [-0.15, -0.1) is 0 Å². The molecule has 7 nitrogen and oxygen atoms in total. The number of amides is 1. The molecule has 1 unspecified atom stereocenters. The van der Waals surface area contributed by atoms with Crippen LogP contribution < -0.4 is 16.2 Å². The van der Waals surface area contributed by atoms with E-state index in [0.29, 0.717) is 35.5 Å². The lowest BCUT2D eigenvalue weighted by Crippen LogP contribution is -2.41. The number of nitrogens with two attached hydrogens (primary N) is 2. The Hall–Kier alpha value is -2.81. The molecule has 0 bridgehead atoms. The van der Waals surface area contributed by atoms with Gasteiger partial charge in [0.1, 0.15) is 11.9 Å². The molecule has 2 aromatic heterocycles. The maximum absolute atomic E-state index is 13.9. The van der Waals surface area contributed by atoms with Crippen molar-refractivity contribution in [3.05, 3.63) is 64.3 Å². The van der Waals surface area contributed by atoms with Gasteiger partial charge in [0, 0.05) is 59.4 Å². The normalized spacial score (nSPS) is 15.4. The van der Waals surface area contributed by atoms with Gasteiger partial charge in [-0.3, -0.25) is 4.79 Å². The van der Waals surface area contributed by atoms with Crippen molar-refractivity contribution in [2.45, 2.75) is 31.9 Å². The number of hydrogen-bond acceptors (Lipinski definition) is 5. The van der Waals surface area contributed by atoms with E-state index >= 15 is 0 Å². The SMILES string of the molecule is CC(Oc1cc(-c2ccn(C3CCN(C(=O)CN)CC3)c2)cnc1N)c1c(Cl)ccc(F)c1Cl. The van der Waals surface area contributed by atoms with E-state index in [1.54, 1.807) is 19.2 Å². The Labute approximate surface area is 207 Å². The Morgan fingerprint density at radius 1 is 1.26 bits per heavy atom. The molecule has 3 aromatic rings. The highest BCUT2D eigenvalue weighted by Gasteiger charge is 2.23. The van der Waals surface area contributed by atoms with Crippen molar-refractivity contribution in [3.63, 3.8) is 0 Å². The number of benzene rings is 1. The number of halogens is 3. The molecule has 1 amide bonds. The van der Waals surface area contributed by atoms with Crippen molar-refractivity contribution >= 4 is 34.9 Å². The molecule has 1 saturated heterocycles. The number of likely N-dealkylation sites (tertiary alicyclic amines) is 1. The van der Waals surface area contributed by atoms with E-state index in [4.69, 9.17) is 39.4 Å². The number of anilines is 1. The lowest BCUT2D eigenvalue weighted by atomic mass is 10.0. The third-order valence-corrected chi connectivity index (χ3v) is 6.85. The van der Waals surface area contributed by atoms with E-state index in [0.717, 1.165) is 24.0 Å². The number of rotatable bonds is 6. The predicted octanol–water partition coefficient (Wildman–Crippen LogP) is 4.84. The molecule has 4 N–H and O–H groups in total. The van der Waals surface area contributed by atoms with Crippen molar-refractivity contribution in [2.24, 2.45) is 5.73 Å². The fourth-order valence-electron chi connectivity index (χ4n) is 4.23. The van der Waals surface area contributed by atoms with Crippen LogP contribution in [-0.4, -0.2) is 40.0 Å². The highest BCUT2D eigenvalue weighted by Crippen LogP contribution is 2.37. The third-order valence-electron chi connectivity index (χ3n) is 6.13. The van der Waals surface area contributed by atoms with Crippen LogP contribution in [0.1, 0.15) is 37.5 Å². The minimum Gasteiger partial charge on any atom is -0.482 e. The monoisotopic (exact) mass is 505 g/mol. The fourth-order valence-corrected chi connectivity index (χ4v) is 4.90. The molecule has 4 rings (SSSR count). The first-order valence-electron chi connectivity index (χ1n) is 11.0. The van der Waals surface area contributed by atoms with Gasteiger partial charge in [-0.05, 0) is 44.0 Å². The molecular weight excluding hydrogens is 480 g/mol. The van der Waals surface area contributed by atoms with Crippen molar-refractivity contribution in [1.82, 2.24) is 14.5 Å². The number of carbonyl (C=O) groups excluding carboxylic acids is 1. The van der Waals surface area contributed by atoms with Crippen LogP contribution in [0.2, 0.25) is 10.0 Å². The molecule has 34 heavy (non-hydrogen) atoms. The van der Waals surface area contributed by atoms with Crippen LogP contribution in [0.4, 0.5) is 10.2 Å². The molecule has 180 valence electrons. The molecule has 1 aliphatic rings. The van der Waals surface area contributed by atoms with E-state index in [-0.39, 0.29) is 23.3 Å². The molecule has 1 aliphatic heterocycles. The Balaban J connectivity index is 1.51. The second kappa shape index (κ2) is 10.2. The standard InChI is InChI=1S/C24H26Cl2FN5O2/c1-14(22-18(25)2-3-19(27)23(22)26)34-20-10-16(12-30-24(20)29)15-4-7-32(13-15)17-5-8-31(9-6-17)21(33)11-28/h2-4,7,10,12-14,17H,5-6,8-9,11,28H2,1H3,(H2,29,30). The highest BCUT2D eigenvalue weighted by molar-refractivity contribution is 6.36. The van der Waals surface area contributed by atoms with Crippen LogP contribution in [0.5, 0.6) is 5.75 Å². The number of pyridine rings is 1. The first-order valence-corrected chi connectivity index (χ1v) is 11.7. The molecule has 0 saturated carbocycles. The summed E-state index contributed by atoms with van der Waals surface area (Å²) < 4.78 is 22.1. The quantitative estimate of drug-likeness (QED) is 0.466. The second-order valence-corrected chi connectivity index (χ2v) is 9.07. The number of aromatic nitrogens is 2. The summed E-state index contributed by atoms with van der Waals surface area (Å²) in [6, 6.07) is 6.74. The van der Waals surface area contributed by atoms with Gasteiger partial charge in [0.05, 0.1) is 11.6 Å². The van der Waals surface area contributed by atoms with Crippen LogP contribution in [-0.2, 0) is 4.79 Å². The predicted molar refractivity (Wildman–Crippen MR) is 131 cm³/mol. The second-order valence-electron chi connectivity index (χ2n) is 8.29. The molecule has 0 radical (unpaired) electrons. The number of nitrogens with zero attached hydrogens (tertiary/aromatic N) is 3. The molecule has 10 heteroatoms. The lowest BCUT2D eigenvalue weighted by molar-refractivity contribution is -0.130. The highest BCUT2D eigenvalue weighted by atomic mass is 35.5. The van der Waals surface area contributed by atoms with Crippen molar-refractivity contribution in [3.8, 4) is 16.9 Å². The Kier molecular flexibility index (Phi) is 7.30. The van der Waals surface area contributed by atoms with Crippen LogP contribution in [0.3, 0.4) is 0 Å². The number of piperidine rings is 1. The Bertz CT molecular complexity index is 1190. The minimum atomic E-state index is -0.652. The Morgan fingerprint density at radius 3 is 2.71 bits per heavy atom. The first-order chi connectivity index (χ1) is 16.3. The summed E-state index contributed by atoms with van der Waals surface area (Å²) in [7, 11) is 0. The molecule has 3 heterocycles. The smallest absolute Gasteiger partial charge is 0.236 e. The van der Waals surface area contributed by atoms with Gasteiger partial charge in [0.2, 0.25) is 5.91 Å². The van der Waals surface area contributed by atoms with Gasteiger partial charge >= 0.3 is 0 Å². The minimum absolute atomic E-state index is 0.0119. The van der Waals surface area contributed by atoms with E-state index in [1.807, 2.05) is 23.4 Å². The van der Waals surface area contributed by atoms with Gasteiger partial charge < -0.3 is 25.7 Å². The summed E-state index contributed by atoms with van der Waals surface area (Å²) >= 11 is 12.4. The molecule has 1 fully saturated rings. The van der Waals surface area contributed by atoms with Gasteiger partial charge in [-0.1, -0.05) is 23.2 Å². The van der Waals surface area contributed by atoms with Gasteiger partial charge in [0.15, 0.2) is 11.6 Å². The largest absolute Gasteiger partial charge is 0.482 e. The number of nitrogen functional groups attached to an aromatic ring is 1.